The Bertz CT molecular complexity index is 667. The predicted octanol–water partition coefficient (Wildman–Crippen LogP) is 2.18. The Balaban J connectivity index is 3.02. The highest BCUT2D eigenvalue weighted by Gasteiger charge is 2.18. The summed E-state index contributed by atoms with van der Waals surface area (Å²) in [5.41, 5.74) is 0.659. The Morgan fingerprint density at radius 3 is 2.75 bits per heavy atom. The number of aryl methyl sites for hydroxylation is 1. The number of halogens is 1. The molecule has 1 aromatic carbocycles. The third kappa shape index (κ3) is 1.72. The number of nitrogens with zero attached hydrogens (tertiary/aromatic N) is 1. The maximum atomic E-state index is 11.4. The van der Waals surface area contributed by atoms with Crippen LogP contribution in [0.3, 0.4) is 0 Å². The lowest BCUT2D eigenvalue weighted by Gasteiger charge is -2.07. The lowest BCUT2D eigenvalue weighted by atomic mass is 10.1. The van der Waals surface area contributed by atoms with Gasteiger partial charge in [0.25, 0.3) is 9.05 Å². The van der Waals surface area contributed by atoms with Crippen LogP contribution >= 0.6 is 10.7 Å². The van der Waals surface area contributed by atoms with Gasteiger partial charge >= 0.3 is 0 Å². The van der Waals surface area contributed by atoms with E-state index in [4.69, 9.17) is 10.7 Å². The molecular weight excluding hydrogens is 250 g/mol. The van der Waals surface area contributed by atoms with Gasteiger partial charge in [-0.05, 0) is 30.7 Å². The fraction of sp³-hybridized carbons (Fsp3) is 0.100. The van der Waals surface area contributed by atoms with E-state index in [9.17, 15) is 13.5 Å². The normalized spacial score (nSPS) is 11.9. The summed E-state index contributed by atoms with van der Waals surface area (Å²) in [6, 6.07) is 4.47. The quantitative estimate of drug-likeness (QED) is 0.795. The third-order valence-corrected chi connectivity index (χ3v) is 3.64. The summed E-state index contributed by atoms with van der Waals surface area (Å²) in [6.45, 7) is 1.59. The zero-order valence-corrected chi connectivity index (χ0v) is 9.88. The Hall–Kier alpha value is -1.33. The van der Waals surface area contributed by atoms with E-state index in [0.29, 0.717) is 10.9 Å². The molecule has 0 saturated carbocycles. The molecule has 1 heterocycles. The van der Waals surface area contributed by atoms with Crippen molar-refractivity contribution >= 4 is 30.6 Å². The van der Waals surface area contributed by atoms with Gasteiger partial charge in [0.05, 0.1) is 4.90 Å². The van der Waals surface area contributed by atoms with Gasteiger partial charge in [0.1, 0.15) is 11.3 Å². The molecule has 84 valence electrons. The van der Waals surface area contributed by atoms with Crippen LogP contribution < -0.4 is 0 Å². The summed E-state index contributed by atoms with van der Waals surface area (Å²) in [5, 5.41) is 10.1. The highest BCUT2D eigenvalue weighted by atomic mass is 35.7. The van der Waals surface area contributed by atoms with Crippen LogP contribution in [0.4, 0.5) is 0 Å². The number of aromatic nitrogens is 1. The van der Waals surface area contributed by atoms with Gasteiger partial charge in [-0.25, -0.2) is 8.42 Å². The molecule has 0 saturated heterocycles. The second-order valence-electron chi connectivity index (χ2n) is 3.38. The minimum Gasteiger partial charge on any atom is -0.505 e. The molecule has 2 aromatic rings. The van der Waals surface area contributed by atoms with E-state index >= 15 is 0 Å². The largest absolute Gasteiger partial charge is 0.505 e. The fourth-order valence-electron chi connectivity index (χ4n) is 1.52. The second kappa shape index (κ2) is 3.61. The van der Waals surface area contributed by atoms with Gasteiger partial charge in [0.15, 0.2) is 0 Å². The maximum absolute atomic E-state index is 11.4. The Kier molecular flexibility index (Phi) is 2.52. The minimum atomic E-state index is -3.85. The van der Waals surface area contributed by atoms with Crippen LogP contribution in [0.5, 0.6) is 5.75 Å². The van der Waals surface area contributed by atoms with Crippen molar-refractivity contribution in [3.8, 4) is 5.75 Å². The van der Waals surface area contributed by atoms with Gasteiger partial charge in [-0.15, -0.1) is 0 Å². The van der Waals surface area contributed by atoms with Crippen molar-refractivity contribution in [2.45, 2.75) is 11.8 Å². The van der Waals surface area contributed by atoms with Crippen LogP contribution in [0.1, 0.15) is 5.56 Å². The molecule has 0 radical (unpaired) electrons. The van der Waals surface area contributed by atoms with Crippen LogP contribution in [0.25, 0.3) is 10.9 Å². The molecule has 16 heavy (non-hydrogen) atoms. The lowest BCUT2D eigenvalue weighted by Crippen LogP contribution is -1.95. The molecular formula is C10H8ClNO3S. The van der Waals surface area contributed by atoms with Crippen molar-refractivity contribution in [2.24, 2.45) is 0 Å². The first-order chi connectivity index (χ1) is 7.41. The monoisotopic (exact) mass is 257 g/mol. The van der Waals surface area contributed by atoms with E-state index in [1.165, 1.54) is 12.3 Å². The molecule has 0 aliphatic heterocycles. The number of hydrogen-bond acceptors (Lipinski definition) is 4. The molecule has 4 nitrogen and oxygen atoms in total. The summed E-state index contributed by atoms with van der Waals surface area (Å²) in [4.78, 5) is 3.91. The van der Waals surface area contributed by atoms with Crippen molar-refractivity contribution in [1.29, 1.82) is 0 Å². The first-order valence-electron chi connectivity index (χ1n) is 4.43. The molecule has 0 spiro atoms. The van der Waals surface area contributed by atoms with Gasteiger partial charge in [0.2, 0.25) is 0 Å². The predicted molar refractivity (Wildman–Crippen MR) is 61.2 cm³/mol. The molecule has 0 amide bonds. The Morgan fingerprint density at radius 2 is 2.12 bits per heavy atom. The molecule has 1 N–H and O–H groups in total. The number of aromatic hydroxyl groups is 1. The van der Waals surface area contributed by atoms with Crippen molar-refractivity contribution < 1.29 is 13.5 Å². The molecule has 2 rings (SSSR count). The van der Waals surface area contributed by atoms with Crippen LogP contribution in [0.15, 0.2) is 29.3 Å². The van der Waals surface area contributed by atoms with E-state index in [2.05, 4.69) is 4.98 Å². The summed E-state index contributed by atoms with van der Waals surface area (Å²) >= 11 is 0. The summed E-state index contributed by atoms with van der Waals surface area (Å²) in [6.07, 6.45) is 1.48. The zero-order chi connectivity index (χ0) is 11.9. The van der Waals surface area contributed by atoms with Crippen LogP contribution in [-0.4, -0.2) is 18.5 Å². The maximum Gasteiger partial charge on any atom is 0.261 e. The molecule has 0 aliphatic rings. The van der Waals surface area contributed by atoms with Gasteiger partial charge in [-0.3, -0.25) is 4.98 Å². The van der Waals surface area contributed by atoms with Crippen molar-refractivity contribution in [3.63, 3.8) is 0 Å². The first-order valence-corrected chi connectivity index (χ1v) is 6.74. The SMILES string of the molecule is Cc1cc(S(=O)(=O)Cl)c2cccnc2c1O. The third-order valence-electron chi connectivity index (χ3n) is 2.28. The first kappa shape index (κ1) is 11.2. The Morgan fingerprint density at radius 1 is 1.44 bits per heavy atom. The molecule has 6 heteroatoms. The number of phenolic OH excluding ortho intramolecular Hbond substituents is 1. The minimum absolute atomic E-state index is 0.0281. The van der Waals surface area contributed by atoms with E-state index in [1.54, 1.807) is 19.1 Å². The van der Waals surface area contributed by atoms with Crippen LogP contribution in [0.2, 0.25) is 0 Å². The average Bonchev–Trinajstić information content (AvgIpc) is 2.22. The fourth-order valence-corrected chi connectivity index (χ4v) is 2.65. The van der Waals surface area contributed by atoms with Crippen molar-refractivity contribution in [1.82, 2.24) is 4.98 Å². The number of rotatable bonds is 1. The van der Waals surface area contributed by atoms with E-state index < -0.39 is 9.05 Å². The van der Waals surface area contributed by atoms with Gasteiger partial charge in [0, 0.05) is 22.3 Å². The van der Waals surface area contributed by atoms with Crippen LogP contribution in [-0.2, 0) is 9.05 Å². The van der Waals surface area contributed by atoms with Crippen molar-refractivity contribution in [3.05, 3.63) is 30.0 Å². The topological polar surface area (TPSA) is 67.3 Å². The number of benzene rings is 1. The number of pyridine rings is 1. The standard InChI is InChI=1S/C10H8ClNO3S/c1-6-5-8(16(11,14)15)7-3-2-4-12-9(7)10(6)13/h2-5,13H,1H3. The second-order valence-corrected chi connectivity index (χ2v) is 5.91. The summed E-state index contributed by atoms with van der Waals surface area (Å²) < 4.78 is 22.7. The average molecular weight is 258 g/mol. The van der Waals surface area contributed by atoms with Crippen LogP contribution in [0, 0.1) is 6.92 Å². The summed E-state index contributed by atoms with van der Waals surface area (Å²) in [7, 11) is 1.48. The molecule has 0 bridgehead atoms. The highest BCUT2D eigenvalue weighted by Crippen LogP contribution is 2.33. The smallest absolute Gasteiger partial charge is 0.261 e. The summed E-state index contributed by atoms with van der Waals surface area (Å²) in [5.74, 6) is -0.0281. The lowest BCUT2D eigenvalue weighted by molar-refractivity contribution is 0.476. The Labute approximate surface area is 96.9 Å². The zero-order valence-electron chi connectivity index (χ0n) is 8.31. The van der Waals surface area contributed by atoms with Gasteiger partial charge in [-0.2, -0.15) is 0 Å². The van der Waals surface area contributed by atoms with Gasteiger partial charge in [-0.1, -0.05) is 0 Å². The number of hydrogen-bond donors (Lipinski definition) is 1. The van der Waals surface area contributed by atoms with Gasteiger partial charge < -0.3 is 5.11 Å². The van der Waals surface area contributed by atoms with E-state index in [1.807, 2.05) is 0 Å². The molecule has 0 atom stereocenters. The molecule has 1 aromatic heterocycles. The molecule has 0 fully saturated rings. The van der Waals surface area contributed by atoms with E-state index in [-0.39, 0.29) is 16.2 Å². The van der Waals surface area contributed by atoms with Crippen molar-refractivity contribution in [2.75, 3.05) is 0 Å². The van der Waals surface area contributed by atoms with E-state index in [0.717, 1.165) is 0 Å². The number of phenols is 1. The highest BCUT2D eigenvalue weighted by molar-refractivity contribution is 8.14. The molecule has 0 aliphatic carbocycles. The number of fused-ring (bicyclic) bond motifs is 1. The molecule has 0 unspecified atom stereocenters.